The first-order valence-corrected chi connectivity index (χ1v) is 7.16. The fourth-order valence-corrected chi connectivity index (χ4v) is 2.56. The predicted molar refractivity (Wildman–Crippen MR) is 67.4 cm³/mol. The van der Waals surface area contributed by atoms with Crippen molar-refractivity contribution < 1.29 is 23.8 Å². The van der Waals surface area contributed by atoms with Gasteiger partial charge in [0, 0.05) is 0 Å². The van der Waals surface area contributed by atoms with Crippen LogP contribution in [0.25, 0.3) is 0 Å². The van der Waals surface area contributed by atoms with Crippen molar-refractivity contribution >= 4 is 11.9 Å². The number of epoxide rings is 1. The highest BCUT2D eigenvalue weighted by Gasteiger charge is 2.53. The lowest BCUT2D eigenvalue weighted by atomic mass is 9.79. The Kier molecular flexibility index (Phi) is 4.80. The predicted octanol–water partition coefficient (Wildman–Crippen LogP) is 1.69. The maximum absolute atomic E-state index is 12.0. The van der Waals surface area contributed by atoms with Crippen LogP contribution < -0.4 is 0 Å². The molecule has 2 rings (SSSR count). The number of esters is 2. The molecule has 1 aliphatic heterocycles. The van der Waals surface area contributed by atoms with Crippen LogP contribution in [0.1, 0.15) is 39.5 Å². The lowest BCUT2D eigenvalue weighted by molar-refractivity contribution is -0.162. The van der Waals surface area contributed by atoms with Gasteiger partial charge >= 0.3 is 11.9 Å². The molecule has 0 N–H and O–H groups in total. The van der Waals surface area contributed by atoms with Crippen LogP contribution in [-0.2, 0) is 23.8 Å². The second-order valence-corrected chi connectivity index (χ2v) is 5.23. The summed E-state index contributed by atoms with van der Waals surface area (Å²) in [6.07, 6.45) is 3.00. The Hall–Kier alpha value is -1.10. The first-order valence-electron chi connectivity index (χ1n) is 7.16. The Bertz CT molecular complexity index is 309. The normalized spacial score (nSPS) is 32.3. The number of fused-ring (bicyclic) bond motifs is 1. The zero-order chi connectivity index (χ0) is 13.8. The standard InChI is InChI=1S/C14H22O5/c1-3-5-17-13(15)9-7-11-12(19-11)8-10(9)14(16)18-6-4-2/h9-12H,3-8H2,1-2H3. The second kappa shape index (κ2) is 6.37. The summed E-state index contributed by atoms with van der Waals surface area (Å²) in [6.45, 7) is 4.70. The Labute approximate surface area is 113 Å². The van der Waals surface area contributed by atoms with Gasteiger partial charge in [0.15, 0.2) is 0 Å². The third kappa shape index (κ3) is 3.47. The third-order valence-electron chi connectivity index (χ3n) is 3.65. The van der Waals surface area contributed by atoms with Gasteiger partial charge in [0.05, 0.1) is 37.3 Å². The molecule has 0 aromatic rings. The van der Waals surface area contributed by atoms with Crippen LogP contribution in [0.2, 0.25) is 0 Å². The van der Waals surface area contributed by atoms with E-state index in [-0.39, 0.29) is 24.1 Å². The lowest BCUT2D eigenvalue weighted by Gasteiger charge is -2.26. The Balaban J connectivity index is 1.95. The number of rotatable bonds is 6. The van der Waals surface area contributed by atoms with Gasteiger partial charge in [0.2, 0.25) is 0 Å². The molecule has 108 valence electrons. The van der Waals surface area contributed by atoms with Crippen LogP contribution in [0, 0.1) is 11.8 Å². The molecule has 1 heterocycles. The molecule has 0 aromatic carbocycles. The minimum absolute atomic E-state index is 0.134. The summed E-state index contributed by atoms with van der Waals surface area (Å²) in [5, 5.41) is 0. The van der Waals surface area contributed by atoms with E-state index in [4.69, 9.17) is 14.2 Å². The van der Waals surface area contributed by atoms with Gasteiger partial charge < -0.3 is 14.2 Å². The summed E-state index contributed by atoms with van der Waals surface area (Å²) in [5.41, 5.74) is 0. The third-order valence-corrected chi connectivity index (χ3v) is 3.65. The Morgan fingerprint density at radius 2 is 1.37 bits per heavy atom. The fraction of sp³-hybridized carbons (Fsp3) is 0.857. The molecule has 0 aromatic heterocycles. The summed E-state index contributed by atoms with van der Waals surface area (Å²) in [6, 6.07) is 0. The first-order chi connectivity index (χ1) is 9.17. The summed E-state index contributed by atoms with van der Waals surface area (Å²) >= 11 is 0. The maximum Gasteiger partial charge on any atom is 0.309 e. The number of hydrogen-bond donors (Lipinski definition) is 0. The minimum Gasteiger partial charge on any atom is -0.465 e. The SMILES string of the molecule is CCCOC(=O)C1CC2OC2CC1C(=O)OCCC. The van der Waals surface area contributed by atoms with Crippen LogP contribution in [0.5, 0.6) is 0 Å². The van der Waals surface area contributed by atoms with Crippen molar-refractivity contribution in [2.45, 2.75) is 51.7 Å². The average molecular weight is 270 g/mol. The van der Waals surface area contributed by atoms with Gasteiger partial charge in [-0.1, -0.05) is 13.8 Å². The van der Waals surface area contributed by atoms with E-state index in [0.717, 1.165) is 12.8 Å². The van der Waals surface area contributed by atoms with E-state index < -0.39 is 11.8 Å². The topological polar surface area (TPSA) is 65.1 Å². The van der Waals surface area contributed by atoms with Gasteiger partial charge in [0.25, 0.3) is 0 Å². The van der Waals surface area contributed by atoms with E-state index in [2.05, 4.69) is 0 Å². The van der Waals surface area contributed by atoms with Crippen molar-refractivity contribution in [3.8, 4) is 0 Å². The molecule has 1 saturated carbocycles. The molecule has 5 heteroatoms. The molecule has 1 saturated heterocycles. The smallest absolute Gasteiger partial charge is 0.309 e. The monoisotopic (exact) mass is 270 g/mol. The van der Waals surface area contributed by atoms with Crippen molar-refractivity contribution in [3.05, 3.63) is 0 Å². The molecule has 5 nitrogen and oxygen atoms in total. The van der Waals surface area contributed by atoms with Crippen LogP contribution in [0.15, 0.2) is 0 Å². The van der Waals surface area contributed by atoms with Crippen LogP contribution in [0.3, 0.4) is 0 Å². The number of carbonyl (C=O) groups excluding carboxylic acids is 2. The zero-order valence-corrected chi connectivity index (χ0v) is 11.6. The van der Waals surface area contributed by atoms with E-state index in [1.54, 1.807) is 0 Å². The number of ether oxygens (including phenoxy) is 3. The van der Waals surface area contributed by atoms with E-state index in [1.165, 1.54) is 0 Å². The van der Waals surface area contributed by atoms with Gasteiger partial charge in [-0.2, -0.15) is 0 Å². The molecule has 0 amide bonds. The van der Waals surface area contributed by atoms with Crippen LogP contribution >= 0.6 is 0 Å². The molecule has 1 aliphatic carbocycles. The molecule has 4 unspecified atom stereocenters. The quantitative estimate of drug-likeness (QED) is 0.543. The highest BCUT2D eigenvalue weighted by atomic mass is 16.6. The van der Waals surface area contributed by atoms with Gasteiger partial charge in [-0.25, -0.2) is 0 Å². The van der Waals surface area contributed by atoms with Crippen molar-refractivity contribution in [1.82, 2.24) is 0 Å². The fourth-order valence-electron chi connectivity index (χ4n) is 2.56. The summed E-state index contributed by atoms with van der Waals surface area (Å²) in [5.74, 6) is -1.37. The van der Waals surface area contributed by atoms with Crippen LogP contribution in [-0.4, -0.2) is 37.4 Å². The van der Waals surface area contributed by atoms with Crippen molar-refractivity contribution in [1.29, 1.82) is 0 Å². The summed E-state index contributed by atoms with van der Waals surface area (Å²) in [7, 11) is 0. The molecule has 4 atom stereocenters. The van der Waals surface area contributed by atoms with Crippen molar-refractivity contribution in [3.63, 3.8) is 0 Å². The van der Waals surface area contributed by atoms with Gasteiger partial charge in [0.1, 0.15) is 0 Å². The lowest BCUT2D eigenvalue weighted by Crippen LogP contribution is -2.37. The molecular formula is C14H22O5. The van der Waals surface area contributed by atoms with E-state index in [9.17, 15) is 9.59 Å². The van der Waals surface area contributed by atoms with E-state index in [0.29, 0.717) is 26.1 Å². The highest BCUT2D eigenvalue weighted by Crippen LogP contribution is 2.43. The van der Waals surface area contributed by atoms with Crippen molar-refractivity contribution in [2.24, 2.45) is 11.8 Å². The molecule has 19 heavy (non-hydrogen) atoms. The molecule has 0 spiro atoms. The molecule has 0 radical (unpaired) electrons. The molecular weight excluding hydrogens is 248 g/mol. The largest absolute Gasteiger partial charge is 0.465 e. The zero-order valence-electron chi connectivity index (χ0n) is 11.6. The van der Waals surface area contributed by atoms with Gasteiger partial charge in [-0.3, -0.25) is 9.59 Å². The second-order valence-electron chi connectivity index (χ2n) is 5.23. The molecule has 2 aliphatic rings. The maximum atomic E-state index is 12.0. The average Bonchev–Trinajstić information content (AvgIpc) is 3.18. The van der Waals surface area contributed by atoms with Gasteiger partial charge in [-0.05, 0) is 25.7 Å². The van der Waals surface area contributed by atoms with Crippen LogP contribution in [0.4, 0.5) is 0 Å². The van der Waals surface area contributed by atoms with E-state index in [1.807, 2.05) is 13.8 Å². The first kappa shape index (κ1) is 14.3. The Morgan fingerprint density at radius 1 is 0.947 bits per heavy atom. The molecule has 0 bridgehead atoms. The number of hydrogen-bond acceptors (Lipinski definition) is 5. The van der Waals surface area contributed by atoms with Gasteiger partial charge in [-0.15, -0.1) is 0 Å². The van der Waals surface area contributed by atoms with E-state index >= 15 is 0 Å². The number of carbonyl (C=O) groups is 2. The highest BCUT2D eigenvalue weighted by molar-refractivity contribution is 5.82. The summed E-state index contributed by atoms with van der Waals surface area (Å²) in [4.78, 5) is 24.0. The minimum atomic E-state index is -0.403. The van der Waals surface area contributed by atoms with Crippen molar-refractivity contribution in [2.75, 3.05) is 13.2 Å². The Morgan fingerprint density at radius 3 is 1.74 bits per heavy atom. The summed E-state index contributed by atoms with van der Waals surface area (Å²) < 4.78 is 15.8. The molecule has 2 fully saturated rings.